The van der Waals surface area contributed by atoms with Crippen molar-refractivity contribution in [2.24, 2.45) is 5.92 Å². The molecule has 5 heterocycles. The summed E-state index contributed by atoms with van der Waals surface area (Å²) in [6, 6.07) is 2.14. The zero-order valence-electron chi connectivity index (χ0n) is 25.2. The van der Waals surface area contributed by atoms with E-state index in [4.69, 9.17) is 11.6 Å². The molecule has 4 aromatic rings. The number of rotatable bonds is 9. The third-order valence-corrected chi connectivity index (χ3v) is 8.99. The number of hydrogen-bond acceptors (Lipinski definition) is 9. The Balaban J connectivity index is 1.09. The van der Waals surface area contributed by atoms with Crippen molar-refractivity contribution in [1.29, 1.82) is 0 Å². The number of halogens is 4. The summed E-state index contributed by atoms with van der Waals surface area (Å²) in [5, 5.41) is 16.7. The first kappa shape index (κ1) is 31.8. The summed E-state index contributed by atoms with van der Waals surface area (Å²) in [6.45, 7) is 7.60. The van der Waals surface area contributed by atoms with Crippen molar-refractivity contribution >= 4 is 29.1 Å². The number of amides is 1. The number of hydrogen-bond donors (Lipinski definition) is 2. The molecule has 2 unspecified atom stereocenters. The van der Waals surface area contributed by atoms with Crippen molar-refractivity contribution in [2.45, 2.75) is 51.3 Å². The normalized spacial score (nSPS) is 20.9. The van der Waals surface area contributed by atoms with E-state index in [-0.39, 0.29) is 34.5 Å². The van der Waals surface area contributed by atoms with Gasteiger partial charge < -0.3 is 20.2 Å². The quantitative estimate of drug-likeness (QED) is 0.256. The highest BCUT2D eigenvalue weighted by atomic mass is 35.5. The Morgan fingerprint density at radius 1 is 1.13 bits per heavy atom. The molecule has 0 spiro atoms. The van der Waals surface area contributed by atoms with Gasteiger partial charge in [-0.25, -0.2) is 28.1 Å². The van der Waals surface area contributed by atoms with Crippen LogP contribution in [-0.4, -0.2) is 84.0 Å². The summed E-state index contributed by atoms with van der Waals surface area (Å²) in [5.74, 6) is -0.816. The lowest BCUT2D eigenvalue weighted by Gasteiger charge is -2.45. The van der Waals surface area contributed by atoms with Gasteiger partial charge in [0, 0.05) is 67.5 Å². The topological polar surface area (TPSA) is 125 Å². The van der Waals surface area contributed by atoms with Crippen LogP contribution in [0.2, 0.25) is 5.02 Å². The molecule has 6 rings (SSSR count). The fraction of sp³-hybridized carbons (Fsp3) is 0.419. The predicted octanol–water partition coefficient (Wildman–Crippen LogP) is 5.00. The maximum Gasteiger partial charge on any atom is 0.275 e. The summed E-state index contributed by atoms with van der Waals surface area (Å²) in [6.07, 6.45) is 7.51. The van der Waals surface area contributed by atoms with E-state index < -0.39 is 29.3 Å². The Morgan fingerprint density at radius 2 is 1.91 bits per heavy atom. The van der Waals surface area contributed by atoms with Crippen LogP contribution in [0.1, 0.15) is 60.8 Å². The standard InChI is InChI=1S/C31H33ClF3N9O2/c1-17-14-42(7-6-26(17)45)16-21-5-8-43(21)31-37-9-19(10-38-31)18(2)44-15-20(11-39-44)40-30(46)25-13-36-12-24(41-25)27-22(29(34)35)3-4-23(32)28(27)33/h3-4,9-13,15,17-18,21,26,29,45H,5-8,14,16H2,1-2H3,(H,40,46)/t17-,18?,21?,26-/m0/s1. The van der Waals surface area contributed by atoms with Crippen molar-refractivity contribution < 1.29 is 23.1 Å². The summed E-state index contributed by atoms with van der Waals surface area (Å²) in [4.78, 5) is 34.8. The van der Waals surface area contributed by atoms with E-state index in [9.17, 15) is 23.1 Å². The number of aliphatic hydroxyl groups is 1. The van der Waals surface area contributed by atoms with E-state index in [1.165, 1.54) is 6.20 Å². The van der Waals surface area contributed by atoms with Crippen LogP contribution < -0.4 is 10.2 Å². The SMILES string of the molecule is CC(c1cnc(N2CCC2CN2CC[C@H](O)[C@@H](C)C2)nc1)n1cc(NC(=O)c2cncc(-c3c(C(F)F)ccc(Cl)c3F)n2)cn1. The highest BCUT2D eigenvalue weighted by Crippen LogP contribution is 2.35. The molecule has 0 aliphatic carbocycles. The maximum absolute atomic E-state index is 14.8. The summed E-state index contributed by atoms with van der Waals surface area (Å²) in [7, 11) is 0. The highest BCUT2D eigenvalue weighted by molar-refractivity contribution is 6.31. The fourth-order valence-corrected chi connectivity index (χ4v) is 6.00. The largest absolute Gasteiger partial charge is 0.393 e. The van der Waals surface area contributed by atoms with Gasteiger partial charge in [-0.05, 0) is 31.7 Å². The molecule has 1 amide bonds. The second-order valence-electron chi connectivity index (χ2n) is 11.8. The van der Waals surface area contributed by atoms with Gasteiger partial charge in [0.25, 0.3) is 12.3 Å². The van der Waals surface area contributed by atoms with Gasteiger partial charge in [0.1, 0.15) is 5.69 Å². The smallest absolute Gasteiger partial charge is 0.275 e. The number of anilines is 2. The van der Waals surface area contributed by atoms with Gasteiger partial charge in [-0.2, -0.15) is 5.10 Å². The van der Waals surface area contributed by atoms with Crippen LogP contribution in [0.4, 0.5) is 24.8 Å². The number of aliphatic hydroxyl groups excluding tert-OH is 1. The lowest BCUT2D eigenvalue weighted by atomic mass is 9.95. The van der Waals surface area contributed by atoms with Crippen LogP contribution in [-0.2, 0) is 0 Å². The van der Waals surface area contributed by atoms with Crippen molar-refractivity contribution in [3.63, 3.8) is 0 Å². The average molecular weight is 656 g/mol. The summed E-state index contributed by atoms with van der Waals surface area (Å²) >= 11 is 5.82. The molecule has 0 saturated carbocycles. The van der Waals surface area contributed by atoms with Gasteiger partial charge in [0.05, 0.1) is 47.1 Å². The fourth-order valence-electron chi connectivity index (χ4n) is 5.84. The van der Waals surface area contributed by atoms with Crippen LogP contribution in [0.3, 0.4) is 0 Å². The molecule has 0 bridgehead atoms. The summed E-state index contributed by atoms with van der Waals surface area (Å²) < 4.78 is 43.6. The number of benzene rings is 1. The molecule has 1 aromatic carbocycles. The molecular formula is C31H33ClF3N9O2. The first-order valence-corrected chi connectivity index (χ1v) is 15.4. The molecule has 11 nitrogen and oxygen atoms in total. The minimum Gasteiger partial charge on any atom is -0.393 e. The van der Waals surface area contributed by atoms with Gasteiger partial charge in [0.15, 0.2) is 5.82 Å². The first-order chi connectivity index (χ1) is 22.1. The number of nitrogens with one attached hydrogen (secondary N) is 1. The molecule has 2 N–H and O–H groups in total. The van der Waals surface area contributed by atoms with E-state index in [1.54, 1.807) is 23.3 Å². The van der Waals surface area contributed by atoms with Crippen molar-refractivity contribution in [2.75, 3.05) is 36.4 Å². The molecule has 2 saturated heterocycles. The Morgan fingerprint density at radius 3 is 2.61 bits per heavy atom. The molecule has 2 aliphatic rings. The number of piperidine rings is 1. The number of likely N-dealkylation sites (tertiary alicyclic amines) is 1. The molecule has 2 aliphatic heterocycles. The Labute approximate surface area is 268 Å². The Hall–Kier alpha value is -4.14. The third kappa shape index (κ3) is 6.55. The molecule has 242 valence electrons. The number of nitrogens with zero attached hydrogens (tertiary/aromatic N) is 8. The average Bonchev–Trinajstić information content (AvgIpc) is 3.50. The number of carbonyl (C=O) groups excluding carboxylic acids is 1. The van der Waals surface area contributed by atoms with Crippen molar-refractivity contribution in [3.05, 3.63) is 77.0 Å². The highest BCUT2D eigenvalue weighted by Gasteiger charge is 2.34. The van der Waals surface area contributed by atoms with Crippen molar-refractivity contribution in [1.82, 2.24) is 34.6 Å². The molecule has 2 fully saturated rings. The molecular weight excluding hydrogens is 623 g/mol. The second kappa shape index (κ2) is 13.3. The molecule has 4 atom stereocenters. The third-order valence-electron chi connectivity index (χ3n) is 8.70. The van der Waals surface area contributed by atoms with E-state index >= 15 is 0 Å². The van der Waals surface area contributed by atoms with Crippen LogP contribution >= 0.6 is 11.6 Å². The summed E-state index contributed by atoms with van der Waals surface area (Å²) in [5.41, 5.74) is -0.412. The van der Waals surface area contributed by atoms with Crippen LogP contribution in [0.15, 0.2) is 49.3 Å². The van der Waals surface area contributed by atoms with Crippen LogP contribution in [0, 0.1) is 11.7 Å². The molecule has 0 radical (unpaired) electrons. The molecule has 3 aromatic heterocycles. The van der Waals surface area contributed by atoms with E-state index in [0.717, 1.165) is 69.1 Å². The molecule has 46 heavy (non-hydrogen) atoms. The van der Waals surface area contributed by atoms with E-state index in [0.29, 0.717) is 17.7 Å². The Bertz CT molecular complexity index is 1710. The number of carbonyl (C=O) groups is 1. The predicted molar refractivity (Wildman–Crippen MR) is 165 cm³/mol. The minimum atomic E-state index is -2.99. The van der Waals surface area contributed by atoms with Gasteiger partial charge in [-0.3, -0.25) is 14.5 Å². The Kier molecular flexibility index (Phi) is 9.20. The van der Waals surface area contributed by atoms with Crippen LogP contribution in [0.5, 0.6) is 0 Å². The monoisotopic (exact) mass is 655 g/mol. The van der Waals surface area contributed by atoms with Gasteiger partial charge in [0.2, 0.25) is 5.95 Å². The van der Waals surface area contributed by atoms with E-state index in [1.807, 2.05) is 6.92 Å². The number of aromatic nitrogens is 6. The van der Waals surface area contributed by atoms with E-state index in [2.05, 4.69) is 47.1 Å². The molecule has 15 heteroatoms. The number of alkyl halides is 2. The van der Waals surface area contributed by atoms with Crippen LogP contribution in [0.25, 0.3) is 11.3 Å². The second-order valence-corrected chi connectivity index (χ2v) is 12.2. The maximum atomic E-state index is 14.8. The zero-order valence-corrected chi connectivity index (χ0v) is 25.9. The first-order valence-electron chi connectivity index (χ1n) is 15.0. The van der Waals surface area contributed by atoms with Gasteiger partial charge in [-0.1, -0.05) is 24.6 Å². The minimum absolute atomic E-state index is 0.210. The lowest BCUT2D eigenvalue weighted by Crippen LogP contribution is -2.56. The zero-order chi connectivity index (χ0) is 32.5. The van der Waals surface area contributed by atoms with Crippen molar-refractivity contribution in [3.8, 4) is 11.3 Å². The lowest BCUT2D eigenvalue weighted by molar-refractivity contribution is 0.0304. The van der Waals surface area contributed by atoms with Gasteiger partial charge >= 0.3 is 0 Å². The van der Waals surface area contributed by atoms with Gasteiger partial charge in [-0.15, -0.1) is 0 Å².